The normalized spacial score (nSPS) is 13.9. The van der Waals surface area contributed by atoms with Crippen LogP contribution in [-0.2, 0) is 24.0 Å². The second-order valence-electron chi connectivity index (χ2n) is 7.25. The number of pyridine rings is 1. The minimum Gasteiger partial charge on any atom is -0.451 e. The van der Waals surface area contributed by atoms with E-state index < -0.39 is 12.1 Å². The van der Waals surface area contributed by atoms with Gasteiger partial charge in [-0.1, -0.05) is 49.4 Å². The lowest BCUT2D eigenvalue weighted by Gasteiger charge is -2.16. The molecule has 0 N–H and O–H groups in total. The van der Waals surface area contributed by atoms with Crippen LogP contribution in [0.15, 0.2) is 48.5 Å². The van der Waals surface area contributed by atoms with Gasteiger partial charge >= 0.3 is 5.97 Å². The van der Waals surface area contributed by atoms with Crippen LogP contribution in [0.3, 0.4) is 0 Å². The molecular weight excluding hydrogens is 350 g/mol. The number of ether oxygens (including phenoxy) is 1. The van der Waals surface area contributed by atoms with Crippen LogP contribution in [0.25, 0.3) is 10.9 Å². The topological polar surface area (TPSA) is 56.3 Å². The maximum atomic E-state index is 13.1. The molecule has 0 amide bonds. The fourth-order valence-corrected chi connectivity index (χ4v) is 3.86. The highest BCUT2D eigenvalue weighted by molar-refractivity contribution is 6.07. The van der Waals surface area contributed by atoms with Crippen molar-refractivity contribution in [1.82, 2.24) is 4.98 Å². The molecule has 2 aromatic carbocycles. The van der Waals surface area contributed by atoms with Gasteiger partial charge in [-0.25, -0.2) is 4.79 Å². The molecule has 142 valence electrons. The van der Waals surface area contributed by atoms with Crippen molar-refractivity contribution in [3.63, 3.8) is 0 Å². The molecule has 0 aliphatic heterocycles. The Morgan fingerprint density at radius 2 is 1.82 bits per heavy atom. The van der Waals surface area contributed by atoms with Crippen molar-refractivity contribution in [2.75, 3.05) is 0 Å². The first-order chi connectivity index (χ1) is 13.6. The largest absolute Gasteiger partial charge is 0.451 e. The molecule has 4 nitrogen and oxygen atoms in total. The minimum atomic E-state index is -0.844. The zero-order valence-electron chi connectivity index (χ0n) is 16.2. The number of hydrogen-bond acceptors (Lipinski definition) is 4. The van der Waals surface area contributed by atoms with Crippen LogP contribution in [0.4, 0.5) is 0 Å². The van der Waals surface area contributed by atoms with Gasteiger partial charge in [0.2, 0.25) is 5.78 Å². The van der Waals surface area contributed by atoms with Gasteiger partial charge in [-0.2, -0.15) is 0 Å². The first kappa shape index (κ1) is 18.4. The highest BCUT2D eigenvalue weighted by atomic mass is 16.5. The van der Waals surface area contributed by atoms with E-state index in [1.807, 2.05) is 36.4 Å². The van der Waals surface area contributed by atoms with Crippen molar-refractivity contribution in [3.8, 4) is 0 Å². The number of Topliss-reactive ketones (excluding diaryl/α,β-unsaturated/α-hetero) is 1. The third kappa shape index (κ3) is 3.31. The summed E-state index contributed by atoms with van der Waals surface area (Å²) in [4.78, 5) is 30.5. The van der Waals surface area contributed by atoms with Crippen LogP contribution >= 0.6 is 0 Å². The highest BCUT2D eigenvalue weighted by Gasteiger charge is 2.27. The summed E-state index contributed by atoms with van der Waals surface area (Å²) >= 11 is 0. The number of aryl methyl sites for hydroxylation is 2. The van der Waals surface area contributed by atoms with Crippen molar-refractivity contribution in [2.45, 2.75) is 45.6 Å². The van der Waals surface area contributed by atoms with Gasteiger partial charge in [0.15, 0.2) is 6.10 Å². The smallest absolute Gasteiger partial charge is 0.339 e. The van der Waals surface area contributed by atoms with Crippen LogP contribution in [0, 0.1) is 0 Å². The number of benzene rings is 2. The lowest BCUT2D eigenvalue weighted by atomic mass is 10.0. The third-order valence-electron chi connectivity index (χ3n) is 5.42. The SMILES string of the molecule is CCc1ccc(C(=O)C(C)OC(=O)c2c3c(nc4ccccc24)CCC3)cc1. The average molecular weight is 373 g/mol. The number of nitrogens with zero attached hydrogens (tertiary/aromatic N) is 1. The van der Waals surface area contributed by atoms with Crippen LogP contribution in [0.5, 0.6) is 0 Å². The standard InChI is InChI=1S/C24H23NO3/c1-3-16-11-13-17(14-12-16)23(26)15(2)28-24(27)22-18-7-4-5-9-20(18)25-21-10-6-8-19(21)22/h4-5,7,9,11-15H,3,6,8,10H2,1-2H3. The number of aromatic nitrogens is 1. The Balaban J connectivity index is 1.62. The second-order valence-corrected chi connectivity index (χ2v) is 7.25. The molecule has 0 bridgehead atoms. The van der Waals surface area contributed by atoms with Gasteiger partial charge in [-0.3, -0.25) is 9.78 Å². The van der Waals surface area contributed by atoms with E-state index in [0.717, 1.165) is 47.8 Å². The lowest BCUT2D eigenvalue weighted by Crippen LogP contribution is -2.25. The Bertz CT molecular complexity index is 1050. The molecule has 0 radical (unpaired) electrons. The van der Waals surface area contributed by atoms with Gasteiger partial charge in [0.05, 0.1) is 11.1 Å². The molecule has 1 atom stereocenters. The summed E-state index contributed by atoms with van der Waals surface area (Å²) in [5.41, 5.74) is 5.03. The van der Waals surface area contributed by atoms with Crippen LogP contribution < -0.4 is 0 Å². The van der Waals surface area contributed by atoms with E-state index in [1.54, 1.807) is 19.1 Å². The van der Waals surface area contributed by atoms with Gasteiger partial charge in [-0.15, -0.1) is 0 Å². The van der Waals surface area contributed by atoms with Crippen molar-refractivity contribution >= 4 is 22.7 Å². The Morgan fingerprint density at radius 3 is 2.57 bits per heavy atom. The fourth-order valence-electron chi connectivity index (χ4n) is 3.86. The summed E-state index contributed by atoms with van der Waals surface area (Å²) in [7, 11) is 0. The van der Waals surface area contributed by atoms with E-state index in [9.17, 15) is 9.59 Å². The number of ketones is 1. The molecular formula is C24H23NO3. The molecule has 0 spiro atoms. The number of para-hydroxylation sites is 1. The molecule has 1 heterocycles. The van der Waals surface area contributed by atoms with Gasteiger partial charge in [-0.05, 0) is 49.8 Å². The first-order valence-corrected chi connectivity index (χ1v) is 9.83. The number of fused-ring (bicyclic) bond motifs is 2. The number of carbonyl (C=O) groups excluding carboxylic acids is 2. The number of hydrogen-bond donors (Lipinski definition) is 0. The van der Waals surface area contributed by atoms with Crippen molar-refractivity contribution < 1.29 is 14.3 Å². The van der Waals surface area contributed by atoms with E-state index in [1.165, 1.54) is 5.56 Å². The van der Waals surface area contributed by atoms with E-state index in [0.29, 0.717) is 11.1 Å². The molecule has 4 rings (SSSR count). The zero-order valence-corrected chi connectivity index (χ0v) is 16.2. The van der Waals surface area contributed by atoms with Gasteiger partial charge < -0.3 is 4.74 Å². The molecule has 1 aromatic heterocycles. The van der Waals surface area contributed by atoms with E-state index in [4.69, 9.17) is 9.72 Å². The summed E-state index contributed by atoms with van der Waals surface area (Å²) < 4.78 is 5.63. The second kappa shape index (κ2) is 7.55. The number of esters is 1. The predicted molar refractivity (Wildman–Crippen MR) is 109 cm³/mol. The molecule has 0 fully saturated rings. The predicted octanol–water partition coefficient (Wildman–Crippen LogP) is 4.71. The Labute approximate surface area is 164 Å². The summed E-state index contributed by atoms with van der Waals surface area (Å²) in [5, 5.41) is 0.792. The molecule has 0 saturated carbocycles. The van der Waals surface area contributed by atoms with Crippen molar-refractivity contribution in [1.29, 1.82) is 0 Å². The lowest BCUT2D eigenvalue weighted by molar-refractivity contribution is 0.0319. The van der Waals surface area contributed by atoms with Crippen molar-refractivity contribution in [2.24, 2.45) is 0 Å². The number of rotatable bonds is 5. The average Bonchev–Trinajstić information content (AvgIpc) is 3.19. The van der Waals surface area contributed by atoms with E-state index in [2.05, 4.69) is 6.92 Å². The Morgan fingerprint density at radius 1 is 1.07 bits per heavy atom. The Hall–Kier alpha value is -3.01. The molecule has 1 unspecified atom stereocenters. The van der Waals surface area contributed by atoms with Crippen molar-refractivity contribution in [3.05, 3.63) is 76.5 Å². The molecule has 1 aliphatic carbocycles. The molecule has 3 aromatic rings. The fraction of sp³-hybridized carbons (Fsp3) is 0.292. The van der Waals surface area contributed by atoms with Crippen LogP contribution in [0.2, 0.25) is 0 Å². The van der Waals surface area contributed by atoms with E-state index >= 15 is 0 Å². The minimum absolute atomic E-state index is 0.189. The number of carbonyl (C=O) groups is 2. The summed E-state index contributed by atoms with van der Waals surface area (Å²) in [6, 6.07) is 15.1. The first-order valence-electron chi connectivity index (χ1n) is 9.83. The van der Waals surface area contributed by atoms with Crippen LogP contribution in [0.1, 0.15) is 57.8 Å². The Kier molecular flexibility index (Phi) is 4.95. The highest BCUT2D eigenvalue weighted by Crippen LogP contribution is 2.30. The molecule has 28 heavy (non-hydrogen) atoms. The summed E-state index contributed by atoms with van der Waals surface area (Å²) in [5.74, 6) is -0.631. The monoisotopic (exact) mass is 373 g/mol. The maximum Gasteiger partial charge on any atom is 0.339 e. The van der Waals surface area contributed by atoms with Gasteiger partial charge in [0, 0.05) is 16.6 Å². The third-order valence-corrected chi connectivity index (χ3v) is 5.42. The molecule has 4 heteroatoms. The van der Waals surface area contributed by atoms with Gasteiger partial charge in [0.1, 0.15) is 0 Å². The molecule has 1 aliphatic rings. The van der Waals surface area contributed by atoms with Gasteiger partial charge in [0.25, 0.3) is 0 Å². The molecule has 0 saturated heterocycles. The maximum absolute atomic E-state index is 13.1. The van der Waals surface area contributed by atoms with Crippen LogP contribution in [-0.4, -0.2) is 22.8 Å². The summed E-state index contributed by atoms with van der Waals surface area (Å²) in [6.45, 7) is 3.70. The quantitative estimate of drug-likeness (QED) is 0.480. The zero-order chi connectivity index (χ0) is 19.7. The summed E-state index contributed by atoms with van der Waals surface area (Å²) in [6.07, 6.45) is 2.75. The van der Waals surface area contributed by atoms with E-state index in [-0.39, 0.29) is 5.78 Å².